The van der Waals surface area contributed by atoms with Gasteiger partial charge in [-0.25, -0.2) is 17.1 Å². The molecule has 2 rings (SSSR count). The second kappa shape index (κ2) is 8.37. The number of benzene rings is 2. The van der Waals surface area contributed by atoms with Crippen molar-refractivity contribution in [2.75, 3.05) is 14.1 Å². The van der Waals surface area contributed by atoms with Crippen molar-refractivity contribution in [3.63, 3.8) is 0 Å². The van der Waals surface area contributed by atoms with Gasteiger partial charge in [-0.1, -0.05) is 37.6 Å². The number of hydrogen-bond acceptors (Lipinski definition) is 3. The quantitative estimate of drug-likeness (QED) is 0.783. The van der Waals surface area contributed by atoms with Gasteiger partial charge in [-0.05, 0) is 41.8 Å². The standard InChI is InChI=1S/C19H22ClFN2O3S/c1-12(2)18(13-5-7-14(21)8-6-13)22-19(24)16-11-15(9-10-17(16)20)27(25,26)23(3)4/h5-12,18H,1-4H3,(H,22,24). The van der Waals surface area contributed by atoms with Gasteiger partial charge in [0, 0.05) is 14.1 Å². The van der Waals surface area contributed by atoms with Gasteiger partial charge in [0.25, 0.3) is 5.91 Å². The van der Waals surface area contributed by atoms with Gasteiger partial charge in [-0.2, -0.15) is 0 Å². The summed E-state index contributed by atoms with van der Waals surface area (Å²) in [5.74, 6) is -0.845. The third-order valence-electron chi connectivity index (χ3n) is 4.14. The van der Waals surface area contributed by atoms with Gasteiger partial charge >= 0.3 is 0 Å². The summed E-state index contributed by atoms with van der Waals surface area (Å²) in [6, 6.07) is 9.48. The third-order valence-corrected chi connectivity index (χ3v) is 6.28. The lowest BCUT2D eigenvalue weighted by atomic mass is 9.95. The van der Waals surface area contributed by atoms with Crippen LogP contribution in [-0.2, 0) is 10.0 Å². The Kier molecular flexibility index (Phi) is 6.62. The molecule has 0 fully saturated rings. The van der Waals surface area contributed by atoms with E-state index in [1.54, 1.807) is 12.1 Å². The molecule has 2 aromatic carbocycles. The lowest BCUT2D eigenvalue weighted by Crippen LogP contribution is -2.32. The van der Waals surface area contributed by atoms with Gasteiger partial charge in [0.05, 0.1) is 21.5 Å². The molecule has 0 aliphatic rings. The number of hydrogen-bond donors (Lipinski definition) is 1. The molecule has 0 spiro atoms. The Morgan fingerprint density at radius 2 is 1.70 bits per heavy atom. The Hall–Kier alpha value is -1.96. The molecule has 0 saturated carbocycles. The molecule has 0 bridgehead atoms. The fourth-order valence-corrected chi connectivity index (χ4v) is 3.71. The summed E-state index contributed by atoms with van der Waals surface area (Å²) in [5, 5.41) is 3.01. The molecule has 0 aliphatic carbocycles. The number of carbonyl (C=O) groups is 1. The van der Waals surface area contributed by atoms with Crippen molar-refractivity contribution in [2.45, 2.75) is 24.8 Å². The first-order valence-electron chi connectivity index (χ1n) is 8.32. The van der Waals surface area contributed by atoms with Crippen LogP contribution in [-0.4, -0.2) is 32.7 Å². The summed E-state index contributed by atoms with van der Waals surface area (Å²) < 4.78 is 38.9. The molecule has 0 heterocycles. The van der Waals surface area contributed by atoms with E-state index in [2.05, 4.69) is 5.32 Å². The van der Waals surface area contributed by atoms with E-state index in [-0.39, 0.29) is 33.3 Å². The van der Waals surface area contributed by atoms with Crippen LogP contribution in [0.4, 0.5) is 4.39 Å². The summed E-state index contributed by atoms with van der Waals surface area (Å²) in [7, 11) is -0.879. The highest BCUT2D eigenvalue weighted by molar-refractivity contribution is 7.89. The Morgan fingerprint density at radius 1 is 1.11 bits per heavy atom. The largest absolute Gasteiger partial charge is 0.345 e. The molecule has 146 valence electrons. The third kappa shape index (κ3) is 4.86. The SMILES string of the molecule is CC(C)C(NC(=O)c1cc(S(=O)(=O)N(C)C)ccc1Cl)c1ccc(F)cc1. The highest BCUT2D eigenvalue weighted by Gasteiger charge is 2.24. The average molecular weight is 413 g/mol. The molecule has 0 saturated heterocycles. The van der Waals surface area contributed by atoms with Gasteiger partial charge in [0.1, 0.15) is 5.82 Å². The van der Waals surface area contributed by atoms with E-state index in [9.17, 15) is 17.6 Å². The van der Waals surface area contributed by atoms with Gasteiger partial charge < -0.3 is 5.32 Å². The second-order valence-electron chi connectivity index (χ2n) is 6.68. The number of nitrogens with zero attached hydrogens (tertiary/aromatic N) is 1. The van der Waals surface area contributed by atoms with Crippen LogP contribution in [0.3, 0.4) is 0 Å². The molecular weight excluding hydrogens is 391 g/mol. The first-order valence-corrected chi connectivity index (χ1v) is 10.1. The molecule has 1 amide bonds. The van der Waals surface area contributed by atoms with Crippen molar-refractivity contribution < 1.29 is 17.6 Å². The van der Waals surface area contributed by atoms with E-state index in [1.165, 1.54) is 44.4 Å². The maximum Gasteiger partial charge on any atom is 0.253 e. The molecule has 1 N–H and O–H groups in total. The fraction of sp³-hybridized carbons (Fsp3) is 0.316. The Balaban J connectivity index is 2.37. The van der Waals surface area contributed by atoms with E-state index in [1.807, 2.05) is 13.8 Å². The van der Waals surface area contributed by atoms with Gasteiger partial charge in [-0.3, -0.25) is 4.79 Å². The minimum Gasteiger partial charge on any atom is -0.345 e. The van der Waals surface area contributed by atoms with Gasteiger partial charge in [0.2, 0.25) is 10.0 Å². The topological polar surface area (TPSA) is 66.5 Å². The maximum atomic E-state index is 13.2. The molecule has 0 radical (unpaired) electrons. The van der Waals surface area contributed by atoms with Crippen molar-refractivity contribution in [1.29, 1.82) is 0 Å². The Labute approximate surface area is 164 Å². The summed E-state index contributed by atoms with van der Waals surface area (Å²) in [6.07, 6.45) is 0. The zero-order valence-corrected chi connectivity index (χ0v) is 17.1. The van der Waals surface area contributed by atoms with Crippen LogP contribution in [0, 0.1) is 11.7 Å². The van der Waals surface area contributed by atoms with E-state index in [4.69, 9.17) is 11.6 Å². The highest BCUT2D eigenvalue weighted by Crippen LogP contribution is 2.26. The van der Waals surface area contributed by atoms with Crippen molar-refractivity contribution in [2.24, 2.45) is 5.92 Å². The summed E-state index contributed by atoms with van der Waals surface area (Å²) in [5.41, 5.74) is 0.806. The summed E-state index contributed by atoms with van der Waals surface area (Å²) >= 11 is 6.13. The molecule has 0 aliphatic heterocycles. The number of halogens is 2. The molecule has 1 atom stereocenters. The Bertz CT molecular complexity index is 928. The minimum absolute atomic E-state index is 0.0203. The van der Waals surface area contributed by atoms with Crippen LogP contribution >= 0.6 is 11.6 Å². The van der Waals surface area contributed by atoms with Gasteiger partial charge in [0.15, 0.2) is 0 Å². The average Bonchev–Trinajstić information content (AvgIpc) is 2.60. The lowest BCUT2D eigenvalue weighted by Gasteiger charge is -2.23. The Morgan fingerprint density at radius 3 is 2.22 bits per heavy atom. The molecule has 1 unspecified atom stereocenters. The van der Waals surface area contributed by atoms with Crippen molar-refractivity contribution in [1.82, 2.24) is 9.62 Å². The normalized spacial score (nSPS) is 13.0. The molecule has 2 aromatic rings. The van der Waals surface area contributed by atoms with Crippen LogP contribution in [0.5, 0.6) is 0 Å². The van der Waals surface area contributed by atoms with Crippen LogP contribution in [0.2, 0.25) is 5.02 Å². The van der Waals surface area contributed by atoms with Crippen molar-refractivity contribution in [3.8, 4) is 0 Å². The zero-order chi connectivity index (χ0) is 20.4. The van der Waals surface area contributed by atoms with Gasteiger partial charge in [-0.15, -0.1) is 0 Å². The maximum absolute atomic E-state index is 13.2. The minimum atomic E-state index is -3.70. The van der Waals surface area contributed by atoms with Crippen molar-refractivity contribution in [3.05, 3.63) is 64.4 Å². The van der Waals surface area contributed by atoms with Crippen LogP contribution in [0.15, 0.2) is 47.4 Å². The highest BCUT2D eigenvalue weighted by atomic mass is 35.5. The van der Waals surface area contributed by atoms with E-state index in [0.717, 1.165) is 9.87 Å². The number of rotatable bonds is 6. The van der Waals surface area contributed by atoms with Crippen LogP contribution < -0.4 is 5.32 Å². The molecule has 8 heteroatoms. The number of carbonyl (C=O) groups excluding carboxylic acids is 1. The number of sulfonamides is 1. The predicted octanol–water partition coefficient (Wildman–Crippen LogP) is 3.86. The predicted molar refractivity (Wildman–Crippen MR) is 104 cm³/mol. The van der Waals surface area contributed by atoms with Crippen molar-refractivity contribution >= 4 is 27.5 Å². The molecular formula is C19H22ClFN2O3S. The van der Waals surface area contributed by atoms with E-state index in [0.29, 0.717) is 0 Å². The van der Waals surface area contributed by atoms with Crippen LogP contribution in [0.25, 0.3) is 0 Å². The van der Waals surface area contributed by atoms with E-state index >= 15 is 0 Å². The smallest absolute Gasteiger partial charge is 0.253 e. The number of amides is 1. The molecule has 0 aromatic heterocycles. The second-order valence-corrected chi connectivity index (χ2v) is 9.23. The first-order chi connectivity index (χ1) is 12.5. The molecule has 5 nitrogen and oxygen atoms in total. The lowest BCUT2D eigenvalue weighted by molar-refractivity contribution is 0.0925. The fourth-order valence-electron chi connectivity index (χ4n) is 2.57. The summed E-state index contributed by atoms with van der Waals surface area (Å²) in [6.45, 7) is 3.84. The zero-order valence-electron chi connectivity index (χ0n) is 15.5. The molecule has 27 heavy (non-hydrogen) atoms. The van der Waals surface area contributed by atoms with E-state index < -0.39 is 15.9 Å². The van der Waals surface area contributed by atoms with Crippen LogP contribution in [0.1, 0.15) is 35.8 Å². The number of nitrogens with one attached hydrogen (secondary N) is 1. The summed E-state index contributed by atoms with van der Waals surface area (Å²) in [4.78, 5) is 12.8. The monoisotopic (exact) mass is 412 g/mol. The first kappa shape index (κ1) is 21.3.